The number of amides is 1. The Morgan fingerprint density at radius 1 is 1.47 bits per heavy atom. The Labute approximate surface area is 122 Å². The second-order valence-electron chi connectivity index (χ2n) is 4.81. The number of carbonyl (C=O) groups is 1. The molecule has 0 aliphatic carbocycles. The zero-order valence-electron chi connectivity index (χ0n) is 11.5. The molecule has 0 bridgehead atoms. The smallest absolute Gasteiger partial charge is 0.252 e. The van der Waals surface area contributed by atoms with E-state index in [0.29, 0.717) is 22.6 Å². The topological polar surface area (TPSA) is 32.3 Å². The molecule has 0 radical (unpaired) electrons. The third kappa shape index (κ3) is 5.28. The third-order valence-corrected chi connectivity index (χ3v) is 3.72. The van der Waals surface area contributed by atoms with E-state index < -0.39 is 5.82 Å². The summed E-state index contributed by atoms with van der Waals surface area (Å²) in [5.41, 5.74) is 0.331. The molecular formula is C14H20BrFN2O. The highest BCUT2D eigenvalue weighted by molar-refractivity contribution is 9.10. The average molecular weight is 331 g/mol. The first-order valence-corrected chi connectivity index (χ1v) is 7.14. The molecule has 5 heteroatoms. The van der Waals surface area contributed by atoms with Crippen molar-refractivity contribution in [2.75, 3.05) is 20.1 Å². The number of benzene rings is 1. The van der Waals surface area contributed by atoms with Crippen LogP contribution >= 0.6 is 15.9 Å². The summed E-state index contributed by atoms with van der Waals surface area (Å²) in [5, 5.41) is 2.80. The largest absolute Gasteiger partial charge is 0.352 e. The van der Waals surface area contributed by atoms with Crippen LogP contribution in [0.15, 0.2) is 22.7 Å². The van der Waals surface area contributed by atoms with Gasteiger partial charge in [-0.2, -0.15) is 0 Å². The van der Waals surface area contributed by atoms with Crippen molar-refractivity contribution in [2.24, 2.45) is 0 Å². The van der Waals surface area contributed by atoms with Crippen LogP contribution in [-0.2, 0) is 0 Å². The Bertz CT molecular complexity index is 437. The molecule has 0 heterocycles. The SMILES string of the molecule is CC(C)N(C)CCCNC(=O)c1cc(F)ccc1Br. The van der Waals surface area contributed by atoms with Gasteiger partial charge in [0.25, 0.3) is 5.91 Å². The van der Waals surface area contributed by atoms with Gasteiger partial charge >= 0.3 is 0 Å². The Balaban J connectivity index is 2.41. The predicted octanol–water partition coefficient (Wildman–Crippen LogP) is 3.05. The molecular weight excluding hydrogens is 311 g/mol. The van der Waals surface area contributed by atoms with E-state index in [-0.39, 0.29) is 5.91 Å². The van der Waals surface area contributed by atoms with Gasteiger partial charge < -0.3 is 10.2 Å². The fraction of sp³-hybridized carbons (Fsp3) is 0.500. The van der Waals surface area contributed by atoms with Gasteiger partial charge in [0.2, 0.25) is 0 Å². The molecule has 0 unspecified atom stereocenters. The second-order valence-corrected chi connectivity index (χ2v) is 5.66. The van der Waals surface area contributed by atoms with E-state index in [0.717, 1.165) is 13.0 Å². The molecule has 3 nitrogen and oxygen atoms in total. The number of nitrogens with zero attached hydrogens (tertiary/aromatic N) is 1. The zero-order valence-corrected chi connectivity index (χ0v) is 13.1. The standard InChI is InChI=1S/C14H20BrFN2O/c1-10(2)18(3)8-4-7-17-14(19)12-9-11(16)5-6-13(12)15/h5-6,9-10H,4,7-8H2,1-3H3,(H,17,19). The van der Waals surface area contributed by atoms with E-state index in [1.165, 1.54) is 18.2 Å². The lowest BCUT2D eigenvalue weighted by atomic mass is 10.2. The van der Waals surface area contributed by atoms with Gasteiger partial charge in [-0.15, -0.1) is 0 Å². The summed E-state index contributed by atoms with van der Waals surface area (Å²) in [6.07, 6.45) is 0.868. The molecule has 1 aromatic rings. The van der Waals surface area contributed by atoms with Crippen LogP contribution < -0.4 is 5.32 Å². The molecule has 0 atom stereocenters. The van der Waals surface area contributed by atoms with Gasteiger partial charge in [0.05, 0.1) is 5.56 Å². The van der Waals surface area contributed by atoms with Crippen molar-refractivity contribution >= 4 is 21.8 Å². The van der Waals surface area contributed by atoms with Crippen molar-refractivity contribution < 1.29 is 9.18 Å². The maximum Gasteiger partial charge on any atom is 0.252 e. The van der Waals surface area contributed by atoms with Crippen molar-refractivity contribution in [3.8, 4) is 0 Å². The van der Waals surface area contributed by atoms with Gasteiger partial charge in [0.1, 0.15) is 5.82 Å². The first-order chi connectivity index (χ1) is 8.91. The maximum atomic E-state index is 13.1. The first-order valence-electron chi connectivity index (χ1n) is 6.35. The lowest BCUT2D eigenvalue weighted by Gasteiger charge is -2.20. The molecule has 1 N–H and O–H groups in total. The predicted molar refractivity (Wildman–Crippen MR) is 78.8 cm³/mol. The van der Waals surface area contributed by atoms with Crippen LogP contribution in [0.5, 0.6) is 0 Å². The summed E-state index contributed by atoms with van der Waals surface area (Å²) < 4.78 is 13.7. The van der Waals surface area contributed by atoms with Gasteiger partial charge in [-0.1, -0.05) is 0 Å². The van der Waals surface area contributed by atoms with Crippen LogP contribution in [0.4, 0.5) is 4.39 Å². The minimum absolute atomic E-state index is 0.251. The van der Waals surface area contributed by atoms with Crippen LogP contribution in [0.25, 0.3) is 0 Å². The number of nitrogens with one attached hydrogen (secondary N) is 1. The number of hydrogen-bond donors (Lipinski definition) is 1. The van der Waals surface area contributed by atoms with Crippen LogP contribution in [-0.4, -0.2) is 37.0 Å². The van der Waals surface area contributed by atoms with E-state index in [9.17, 15) is 9.18 Å². The molecule has 0 aliphatic rings. The van der Waals surface area contributed by atoms with Crippen molar-refractivity contribution in [3.63, 3.8) is 0 Å². The van der Waals surface area contributed by atoms with Crippen LogP contribution in [0.3, 0.4) is 0 Å². The number of halogens is 2. The molecule has 0 spiro atoms. The molecule has 19 heavy (non-hydrogen) atoms. The summed E-state index contributed by atoms with van der Waals surface area (Å²) >= 11 is 3.25. The fourth-order valence-corrected chi connectivity index (χ4v) is 1.98. The van der Waals surface area contributed by atoms with Crippen LogP contribution in [0.1, 0.15) is 30.6 Å². The Morgan fingerprint density at radius 3 is 2.79 bits per heavy atom. The Hall–Kier alpha value is -0.940. The molecule has 0 saturated carbocycles. The van der Waals surface area contributed by atoms with Crippen molar-refractivity contribution in [2.45, 2.75) is 26.3 Å². The molecule has 1 aromatic carbocycles. The minimum atomic E-state index is -0.409. The van der Waals surface area contributed by atoms with Crippen LogP contribution in [0, 0.1) is 5.82 Å². The van der Waals surface area contributed by atoms with Gasteiger partial charge in [0, 0.05) is 17.1 Å². The summed E-state index contributed by atoms with van der Waals surface area (Å²) in [6, 6.07) is 4.59. The molecule has 1 amide bonds. The Kier molecular flexibility index (Phi) is 6.45. The first kappa shape index (κ1) is 16.1. The quantitative estimate of drug-likeness (QED) is 0.813. The number of carbonyl (C=O) groups excluding carboxylic acids is 1. The average Bonchev–Trinajstić information content (AvgIpc) is 2.36. The Morgan fingerprint density at radius 2 is 2.16 bits per heavy atom. The number of rotatable bonds is 6. The van der Waals surface area contributed by atoms with Gasteiger partial charge in [-0.3, -0.25) is 4.79 Å². The maximum absolute atomic E-state index is 13.1. The summed E-state index contributed by atoms with van der Waals surface area (Å²) in [6.45, 7) is 5.76. The molecule has 0 saturated heterocycles. The second kappa shape index (κ2) is 7.60. The van der Waals surface area contributed by atoms with E-state index in [2.05, 4.69) is 47.0 Å². The van der Waals surface area contributed by atoms with Gasteiger partial charge in [-0.25, -0.2) is 4.39 Å². The van der Waals surface area contributed by atoms with Crippen molar-refractivity contribution in [3.05, 3.63) is 34.1 Å². The summed E-state index contributed by atoms with van der Waals surface area (Å²) in [5.74, 6) is -0.661. The highest BCUT2D eigenvalue weighted by atomic mass is 79.9. The highest BCUT2D eigenvalue weighted by Gasteiger charge is 2.10. The molecule has 0 fully saturated rings. The van der Waals surface area contributed by atoms with E-state index in [4.69, 9.17) is 0 Å². The van der Waals surface area contributed by atoms with Gasteiger partial charge in [0.15, 0.2) is 0 Å². The third-order valence-electron chi connectivity index (χ3n) is 3.03. The molecule has 0 aromatic heterocycles. The summed E-state index contributed by atoms with van der Waals surface area (Å²) in [4.78, 5) is 14.1. The normalized spacial score (nSPS) is 11.1. The van der Waals surface area contributed by atoms with Gasteiger partial charge in [-0.05, 0) is 68.0 Å². The molecule has 1 rings (SSSR count). The van der Waals surface area contributed by atoms with Crippen molar-refractivity contribution in [1.29, 1.82) is 0 Å². The van der Waals surface area contributed by atoms with E-state index in [1.54, 1.807) is 0 Å². The summed E-state index contributed by atoms with van der Waals surface area (Å²) in [7, 11) is 2.05. The molecule has 106 valence electrons. The number of hydrogen-bond acceptors (Lipinski definition) is 2. The van der Waals surface area contributed by atoms with Crippen molar-refractivity contribution in [1.82, 2.24) is 10.2 Å². The fourth-order valence-electron chi connectivity index (χ4n) is 1.56. The highest BCUT2D eigenvalue weighted by Crippen LogP contribution is 2.17. The van der Waals surface area contributed by atoms with E-state index >= 15 is 0 Å². The zero-order chi connectivity index (χ0) is 14.4. The van der Waals surface area contributed by atoms with Crippen LogP contribution in [0.2, 0.25) is 0 Å². The lowest BCUT2D eigenvalue weighted by molar-refractivity contribution is 0.0950. The minimum Gasteiger partial charge on any atom is -0.352 e. The monoisotopic (exact) mass is 330 g/mol. The van der Waals surface area contributed by atoms with E-state index in [1.807, 2.05) is 0 Å². The lowest BCUT2D eigenvalue weighted by Crippen LogP contribution is -2.31. The molecule has 0 aliphatic heterocycles.